The number of piperidine rings is 1. The van der Waals surface area contributed by atoms with Crippen LogP contribution in [0.2, 0.25) is 3.12 Å². The van der Waals surface area contributed by atoms with Crippen molar-refractivity contribution < 1.29 is 39.4 Å². The Kier molecular flexibility index (Phi) is 4.96. The molecular formula is C18H29AtN2O3. The second-order valence-corrected chi connectivity index (χ2v) is 11.2. The van der Waals surface area contributed by atoms with Gasteiger partial charge < -0.3 is 4.74 Å². The number of β-amino-alcohol motifs (C(OH)–C–C–N with tert-alkyl or cyclic N) is 1. The summed E-state index contributed by atoms with van der Waals surface area (Å²) in [6.07, 6.45) is 6.09. The van der Waals surface area contributed by atoms with Gasteiger partial charge in [0.25, 0.3) is 0 Å². The van der Waals surface area contributed by atoms with Crippen molar-refractivity contribution in [3.8, 4) is 0 Å². The molecule has 2 unspecified atom stereocenters. The van der Waals surface area contributed by atoms with Crippen LogP contribution in [-0.2, 0) is 9.53 Å². The van der Waals surface area contributed by atoms with Gasteiger partial charge in [0, 0.05) is 0 Å². The summed E-state index contributed by atoms with van der Waals surface area (Å²) >= 11 is 1.67. The zero-order chi connectivity index (χ0) is 16.8. The van der Waals surface area contributed by atoms with Crippen LogP contribution in [-0.4, -0.2) is 60.9 Å². The number of nitrogens with one attached hydrogen (secondary N) is 1. The van der Waals surface area contributed by atoms with Crippen LogP contribution >= 0.6 is 0 Å². The molecule has 2 N–H and O–H groups in total. The van der Waals surface area contributed by atoms with E-state index in [-0.39, 0.29) is 3.12 Å². The number of carbonyl (C=O) groups excluding carboxylic acids is 1. The fraction of sp³-hybridized carbons (Fsp3) is 0.944. The Bertz CT molecular complexity index is 477. The van der Waals surface area contributed by atoms with Crippen molar-refractivity contribution in [2.45, 2.75) is 47.2 Å². The first-order chi connectivity index (χ1) is 11.5. The quantitative estimate of drug-likeness (QED) is 0.558. The summed E-state index contributed by atoms with van der Waals surface area (Å²) < 4.78 is 5.31. The Morgan fingerprint density at radius 2 is 1.79 bits per heavy atom. The zero-order valence-corrected chi connectivity index (χ0v) is 17.2. The van der Waals surface area contributed by atoms with Gasteiger partial charge >= 0.3 is 155 Å². The number of rotatable bonds is 5. The van der Waals surface area contributed by atoms with Crippen LogP contribution in [0.4, 0.5) is 0 Å². The summed E-state index contributed by atoms with van der Waals surface area (Å²) in [4.78, 5) is 14.9. The molecule has 2 aliphatic heterocycles. The molecule has 0 aromatic rings. The summed E-state index contributed by atoms with van der Waals surface area (Å²) in [5.41, 5.74) is -0.544. The van der Waals surface area contributed by atoms with Gasteiger partial charge in [0.15, 0.2) is 0 Å². The molecule has 0 aromatic heterocycles. The number of hydrogen-bond donors (Lipinski definition) is 2. The molecule has 2 aliphatic carbocycles. The molecule has 1 amide bonds. The van der Waals surface area contributed by atoms with Gasteiger partial charge in [0.1, 0.15) is 0 Å². The first-order valence-electron chi connectivity index (χ1n) is 9.49. The molecule has 2 atom stereocenters. The first-order valence-corrected chi connectivity index (χ1v) is 11.0. The number of carbonyl (C=O) groups is 1. The SMILES string of the molecule is O=C(NCC1C2CN(CC3(O)CCOCC3)CC12)C1([At])CCCC1. The molecule has 136 valence electrons. The van der Waals surface area contributed by atoms with E-state index in [1.54, 1.807) is 24.7 Å². The van der Waals surface area contributed by atoms with E-state index in [4.69, 9.17) is 4.74 Å². The minimum atomic E-state index is -0.544. The summed E-state index contributed by atoms with van der Waals surface area (Å²) in [5, 5.41) is 13.9. The van der Waals surface area contributed by atoms with Gasteiger partial charge in [-0.2, -0.15) is 0 Å². The summed E-state index contributed by atoms with van der Waals surface area (Å²) in [7, 11) is 0. The van der Waals surface area contributed by atoms with Crippen LogP contribution in [0, 0.1) is 42.5 Å². The number of nitrogens with zero attached hydrogens (tertiary/aromatic N) is 1. The Morgan fingerprint density at radius 3 is 2.42 bits per heavy atom. The van der Waals surface area contributed by atoms with Crippen LogP contribution in [0.5, 0.6) is 0 Å². The van der Waals surface area contributed by atoms with Crippen molar-refractivity contribution in [2.24, 2.45) is 17.8 Å². The average molecular weight is 531 g/mol. The third-order valence-electron chi connectivity index (χ3n) is 6.69. The van der Waals surface area contributed by atoms with Crippen molar-refractivity contribution in [1.82, 2.24) is 10.2 Å². The van der Waals surface area contributed by atoms with E-state index in [1.807, 2.05) is 0 Å². The van der Waals surface area contributed by atoms with Crippen molar-refractivity contribution in [1.29, 1.82) is 0 Å². The molecule has 2 heterocycles. The maximum atomic E-state index is 12.4. The second kappa shape index (κ2) is 6.75. The number of fused-ring (bicyclic) bond motifs is 1. The van der Waals surface area contributed by atoms with E-state index in [0.29, 0.717) is 25.0 Å². The Labute approximate surface area is 159 Å². The average Bonchev–Trinajstić information content (AvgIpc) is 2.92. The van der Waals surface area contributed by atoms with Gasteiger partial charge in [0.05, 0.1) is 0 Å². The van der Waals surface area contributed by atoms with E-state index < -0.39 is 5.60 Å². The predicted octanol–water partition coefficient (Wildman–Crippen LogP) is 1.10. The summed E-state index contributed by atoms with van der Waals surface area (Å²) in [5.74, 6) is 2.44. The molecule has 24 heavy (non-hydrogen) atoms. The molecule has 4 rings (SSSR count). The first kappa shape index (κ1) is 17.6. The van der Waals surface area contributed by atoms with Crippen molar-refractivity contribution in [2.75, 3.05) is 39.4 Å². The van der Waals surface area contributed by atoms with Gasteiger partial charge in [-0.15, -0.1) is 0 Å². The zero-order valence-electron chi connectivity index (χ0n) is 14.3. The van der Waals surface area contributed by atoms with Crippen molar-refractivity contribution in [3.05, 3.63) is 0 Å². The molecule has 2 saturated carbocycles. The van der Waals surface area contributed by atoms with Crippen molar-refractivity contribution >= 4 is 5.91 Å². The number of ether oxygens (including phenoxy) is 1. The van der Waals surface area contributed by atoms with Gasteiger partial charge in [-0.3, -0.25) is 0 Å². The third-order valence-corrected chi connectivity index (χ3v) is 8.83. The predicted molar refractivity (Wildman–Crippen MR) is 86.1 cm³/mol. The second-order valence-electron chi connectivity index (χ2n) is 8.40. The number of aliphatic hydroxyl groups is 1. The monoisotopic (exact) mass is 531 g/mol. The molecule has 0 spiro atoms. The summed E-state index contributed by atoms with van der Waals surface area (Å²) in [6, 6.07) is 0. The molecule has 0 radical (unpaired) electrons. The Hall–Kier alpha value is 0.233. The van der Waals surface area contributed by atoms with Gasteiger partial charge in [-0.1, -0.05) is 0 Å². The number of likely N-dealkylation sites (tertiary alicyclic amines) is 1. The number of hydrogen-bond acceptors (Lipinski definition) is 4. The summed E-state index contributed by atoms with van der Waals surface area (Å²) in [6.45, 7) is 5.22. The Morgan fingerprint density at radius 1 is 1.17 bits per heavy atom. The fourth-order valence-corrected chi connectivity index (χ4v) is 6.32. The van der Waals surface area contributed by atoms with E-state index in [1.165, 1.54) is 12.8 Å². The van der Waals surface area contributed by atoms with Crippen LogP contribution in [0.15, 0.2) is 0 Å². The van der Waals surface area contributed by atoms with Crippen LogP contribution in [0.1, 0.15) is 38.5 Å². The van der Waals surface area contributed by atoms with Gasteiger partial charge in [-0.25, -0.2) is 0 Å². The molecule has 5 nitrogen and oxygen atoms in total. The molecule has 2 saturated heterocycles. The van der Waals surface area contributed by atoms with Gasteiger partial charge in [0.2, 0.25) is 0 Å². The van der Waals surface area contributed by atoms with Crippen LogP contribution in [0.25, 0.3) is 0 Å². The normalized spacial score (nSPS) is 37.2. The third kappa shape index (κ3) is 3.54. The van der Waals surface area contributed by atoms with E-state index in [9.17, 15) is 9.90 Å². The van der Waals surface area contributed by atoms with Gasteiger partial charge in [-0.05, 0) is 0 Å². The molecule has 4 fully saturated rings. The topological polar surface area (TPSA) is 61.8 Å². The van der Waals surface area contributed by atoms with E-state index >= 15 is 0 Å². The van der Waals surface area contributed by atoms with Crippen LogP contribution in [0.3, 0.4) is 0 Å². The minimum absolute atomic E-state index is 0.0532. The standard InChI is InChI=1S/C18H29AtN2O3/c19-18(3-1-2-4-18)16(22)20-9-13-14-10-21(11-15(13)14)12-17(23)5-7-24-8-6-17/h13-15,23H,1-12H2,(H,20,22). The molecule has 6 heteroatoms. The maximum absolute atomic E-state index is 12.4. The molecular weight excluding hydrogens is 502 g/mol. The van der Waals surface area contributed by atoms with E-state index in [2.05, 4.69) is 10.2 Å². The van der Waals surface area contributed by atoms with Crippen LogP contribution < -0.4 is 5.32 Å². The molecule has 4 aliphatic rings. The molecule has 0 aromatic carbocycles. The van der Waals surface area contributed by atoms with Crippen molar-refractivity contribution in [3.63, 3.8) is 0 Å². The number of amides is 1. The van der Waals surface area contributed by atoms with E-state index in [0.717, 1.165) is 63.7 Å². The fourth-order valence-electron chi connectivity index (χ4n) is 5.03. The Balaban J connectivity index is 1.19. The molecule has 0 bridgehead atoms.